The summed E-state index contributed by atoms with van der Waals surface area (Å²) in [6, 6.07) is 0. The second-order valence-electron chi connectivity index (χ2n) is 5.14. The van der Waals surface area contributed by atoms with Gasteiger partial charge in [-0.25, -0.2) is 0 Å². The van der Waals surface area contributed by atoms with Gasteiger partial charge in [-0.15, -0.1) is 0 Å². The molecule has 0 aromatic heterocycles. The lowest BCUT2D eigenvalue weighted by Gasteiger charge is -2.08. The van der Waals surface area contributed by atoms with E-state index in [1.807, 2.05) is 0 Å². The molecule has 0 atom stereocenters. The Morgan fingerprint density at radius 3 is 1.36 bits per heavy atom. The number of carbonyl (C=O) groups is 1. The molecular formula is C17H35NO7. The summed E-state index contributed by atoms with van der Waals surface area (Å²) in [5, 5.41) is 2.47. The normalized spacial score (nSPS) is 11.0. The Bertz CT molecular complexity index is 280. The van der Waals surface area contributed by atoms with Crippen molar-refractivity contribution in [2.75, 3.05) is 86.3 Å². The van der Waals surface area contributed by atoms with Crippen molar-refractivity contribution in [1.82, 2.24) is 5.32 Å². The van der Waals surface area contributed by atoms with E-state index in [0.29, 0.717) is 66.1 Å². The van der Waals surface area contributed by atoms with Crippen LogP contribution in [0.25, 0.3) is 0 Å². The first-order valence-corrected chi connectivity index (χ1v) is 8.98. The highest BCUT2D eigenvalue weighted by atomic mass is 16.6. The second-order valence-corrected chi connectivity index (χ2v) is 5.14. The molecule has 0 aliphatic carbocycles. The Morgan fingerprint density at radius 2 is 1.00 bits per heavy atom. The first kappa shape index (κ1) is 24.2. The van der Waals surface area contributed by atoms with Crippen LogP contribution in [0.15, 0.2) is 0 Å². The molecule has 0 bridgehead atoms. The lowest BCUT2D eigenvalue weighted by molar-refractivity contribution is -0.125. The lowest BCUT2D eigenvalue weighted by Crippen LogP contribution is -2.24. The van der Waals surface area contributed by atoms with Gasteiger partial charge < -0.3 is 33.7 Å². The standard InChI is InChI=1S/C17H35NO7/c1-3-4-5-20-6-7-21-8-9-22-10-11-23-12-13-24-14-15-25-16-17(19)18-2/h3-16H2,1-2H3,(H,18,19). The van der Waals surface area contributed by atoms with Crippen molar-refractivity contribution in [3.05, 3.63) is 0 Å². The summed E-state index contributed by atoms with van der Waals surface area (Å²) in [5.41, 5.74) is 0. The van der Waals surface area contributed by atoms with E-state index >= 15 is 0 Å². The zero-order chi connectivity index (χ0) is 18.4. The van der Waals surface area contributed by atoms with Gasteiger partial charge in [0.2, 0.25) is 5.91 Å². The molecule has 0 spiro atoms. The van der Waals surface area contributed by atoms with Gasteiger partial charge in [-0.1, -0.05) is 13.3 Å². The minimum absolute atomic E-state index is 0.0588. The molecular weight excluding hydrogens is 330 g/mol. The van der Waals surface area contributed by atoms with E-state index in [0.717, 1.165) is 19.4 Å². The smallest absolute Gasteiger partial charge is 0.245 e. The molecule has 8 nitrogen and oxygen atoms in total. The van der Waals surface area contributed by atoms with Gasteiger partial charge in [0.1, 0.15) is 6.61 Å². The summed E-state index contributed by atoms with van der Waals surface area (Å²) < 4.78 is 31.9. The number of nitrogens with one attached hydrogen (secondary N) is 1. The predicted octanol–water partition coefficient (Wildman–Crippen LogP) is 0.632. The number of hydrogen-bond donors (Lipinski definition) is 1. The van der Waals surface area contributed by atoms with Gasteiger partial charge in [-0.3, -0.25) is 4.79 Å². The number of ether oxygens (including phenoxy) is 6. The summed E-state index contributed by atoms with van der Waals surface area (Å²) in [7, 11) is 1.57. The van der Waals surface area contributed by atoms with Crippen molar-refractivity contribution in [3.8, 4) is 0 Å². The Hall–Kier alpha value is -0.770. The third kappa shape index (κ3) is 21.2. The molecule has 0 radical (unpaired) electrons. The van der Waals surface area contributed by atoms with Crippen LogP contribution in [0, 0.1) is 0 Å². The fraction of sp³-hybridized carbons (Fsp3) is 0.941. The average Bonchev–Trinajstić information content (AvgIpc) is 2.63. The summed E-state index contributed by atoms with van der Waals surface area (Å²) in [5.74, 6) is -0.144. The first-order valence-electron chi connectivity index (χ1n) is 8.98. The predicted molar refractivity (Wildman–Crippen MR) is 93.9 cm³/mol. The molecule has 0 fully saturated rings. The molecule has 0 rings (SSSR count). The van der Waals surface area contributed by atoms with Crippen LogP contribution in [0.2, 0.25) is 0 Å². The molecule has 150 valence electrons. The van der Waals surface area contributed by atoms with Crippen molar-refractivity contribution in [2.45, 2.75) is 19.8 Å². The van der Waals surface area contributed by atoms with Crippen LogP contribution < -0.4 is 5.32 Å². The van der Waals surface area contributed by atoms with Crippen molar-refractivity contribution in [1.29, 1.82) is 0 Å². The molecule has 0 aliphatic heterocycles. The van der Waals surface area contributed by atoms with Gasteiger partial charge in [-0.05, 0) is 6.42 Å². The van der Waals surface area contributed by atoms with Gasteiger partial charge in [-0.2, -0.15) is 0 Å². The van der Waals surface area contributed by atoms with E-state index in [9.17, 15) is 4.79 Å². The molecule has 0 unspecified atom stereocenters. The van der Waals surface area contributed by atoms with E-state index in [2.05, 4.69) is 12.2 Å². The monoisotopic (exact) mass is 365 g/mol. The number of hydrogen-bond acceptors (Lipinski definition) is 7. The van der Waals surface area contributed by atoms with E-state index in [-0.39, 0.29) is 12.5 Å². The molecule has 0 aromatic carbocycles. The topological polar surface area (TPSA) is 84.5 Å². The Labute approximate surface area is 151 Å². The summed E-state index contributed by atoms with van der Waals surface area (Å²) >= 11 is 0. The van der Waals surface area contributed by atoms with Crippen LogP contribution in [0.4, 0.5) is 0 Å². The number of amides is 1. The van der Waals surface area contributed by atoms with E-state index < -0.39 is 0 Å². The van der Waals surface area contributed by atoms with Gasteiger partial charge in [0, 0.05) is 13.7 Å². The molecule has 0 heterocycles. The van der Waals surface area contributed by atoms with E-state index in [4.69, 9.17) is 28.4 Å². The molecule has 8 heteroatoms. The highest BCUT2D eigenvalue weighted by molar-refractivity contribution is 5.76. The van der Waals surface area contributed by atoms with E-state index in [1.54, 1.807) is 7.05 Å². The number of unbranched alkanes of at least 4 members (excludes halogenated alkanes) is 1. The van der Waals surface area contributed by atoms with Crippen LogP contribution in [0.3, 0.4) is 0 Å². The van der Waals surface area contributed by atoms with Crippen LogP contribution in [0.5, 0.6) is 0 Å². The number of rotatable bonds is 20. The van der Waals surface area contributed by atoms with Crippen LogP contribution in [-0.2, 0) is 33.2 Å². The maximum Gasteiger partial charge on any atom is 0.245 e. The summed E-state index contributed by atoms with van der Waals surface area (Å²) in [6.07, 6.45) is 2.25. The number of likely N-dealkylation sites (N-methyl/N-ethyl adjacent to an activating group) is 1. The minimum Gasteiger partial charge on any atom is -0.379 e. The lowest BCUT2D eigenvalue weighted by atomic mass is 10.4. The fourth-order valence-electron chi connectivity index (χ4n) is 1.58. The van der Waals surface area contributed by atoms with Crippen molar-refractivity contribution in [3.63, 3.8) is 0 Å². The van der Waals surface area contributed by atoms with Crippen molar-refractivity contribution in [2.24, 2.45) is 0 Å². The zero-order valence-corrected chi connectivity index (χ0v) is 15.8. The molecule has 0 aliphatic rings. The Balaban J connectivity index is 2.99. The Kier molecular flexibility index (Phi) is 20.6. The quantitative estimate of drug-likeness (QED) is 0.317. The fourth-order valence-corrected chi connectivity index (χ4v) is 1.58. The first-order chi connectivity index (χ1) is 12.3. The second kappa shape index (κ2) is 21.3. The SMILES string of the molecule is CCCCOCCOCCOCCOCCOCCOCC(=O)NC. The third-order valence-electron chi connectivity index (χ3n) is 3.01. The Morgan fingerprint density at radius 1 is 0.640 bits per heavy atom. The third-order valence-corrected chi connectivity index (χ3v) is 3.01. The molecule has 0 saturated heterocycles. The highest BCUT2D eigenvalue weighted by Crippen LogP contribution is 1.88. The van der Waals surface area contributed by atoms with Gasteiger partial charge >= 0.3 is 0 Å². The molecule has 0 saturated carbocycles. The van der Waals surface area contributed by atoms with Gasteiger partial charge in [0.15, 0.2) is 0 Å². The van der Waals surface area contributed by atoms with Crippen molar-refractivity contribution >= 4 is 5.91 Å². The van der Waals surface area contributed by atoms with Gasteiger partial charge in [0.05, 0.1) is 66.1 Å². The molecule has 1 N–H and O–H groups in total. The van der Waals surface area contributed by atoms with Gasteiger partial charge in [0.25, 0.3) is 0 Å². The summed E-state index contributed by atoms with van der Waals surface area (Å²) in [6.45, 7) is 8.25. The summed E-state index contributed by atoms with van der Waals surface area (Å²) in [4.78, 5) is 10.9. The molecule has 25 heavy (non-hydrogen) atoms. The minimum atomic E-state index is -0.144. The molecule has 0 aromatic rings. The maximum absolute atomic E-state index is 10.9. The van der Waals surface area contributed by atoms with E-state index in [1.165, 1.54) is 0 Å². The van der Waals surface area contributed by atoms with Crippen LogP contribution in [-0.4, -0.2) is 92.2 Å². The highest BCUT2D eigenvalue weighted by Gasteiger charge is 1.97. The van der Waals surface area contributed by atoms with Crippen LogP contribution in [0.1, 0.15) is 19.8 Å². The number of carbonyl (C=O) groups excluding carboxylic acids is 1. The molecule has 1 amide bonds. The zero-order valence-electron chi connectivity index (χ0n) is 15.8. The maximum atomic E-state index is 10.9. The van der Waals surface area contributed by atoms with Crippen molar-refractivity contribution < 1.29 is 33.2 Å². The largest absolute Gasteiger partial charge is 0.379 e. The average molecular weight is 365 g/mol. The van der Waals surface area contributed by atoms with Crippen LogP contribution >= 0.6 is 0 Å².